The molecule has 23 heavy (non-hydrogen) atoms. The van der Waals surface area contributed by atoms with E-state index in [1.165, 1.54) is 25.7 Å². The van der Waals surface area contributed by atoms with Gasteiger partial charge in [0.1, 0.15) is 0 Å². The molecule has 2 unspecified atom stereocenters. The van der Waals surface area contributed by atoms with Crippen LogP contribution in [0.15, 0.2) is 60.7 Å². The van der Waals surface area contributed by atoms with Crippen LogP contribution in [0.25, 0.3) is 0 Å². The Balaban J connectivity index is 0.000000485. The third-order valence-electron chi connectivity index (χ3n) is 4.93. The Morgan fingerprint density at radius 1 is 0.739 bits per heavy atom. The van der Waals surface area contributed by atoms with Crippen molar-refractivity contribution in [2.24, 2.45) is 0 Å². The van der Waals surface area contributed by atoms with Gasteiger partial charge in [0.15, 0.2) is 0 Å². The molecule has 0 fully saturated rings. The Bertz CT molecular complexity index is 623. The van der Waals surface area contributed by atoms with Crippen LogP contribution in [-0.4, -0.2) is 0 Å². The van der Waals surface area contributed by atoms with Crippen molar-refractivity contribution in [3.05, 3.63) is 82.9 Å². The summed E-state index contributed by atoms with van der Waals surface area (Å²) in [5, 5.41) is 0. The van der Waals surface area contributed by atoms with Gasteiger partial charge in [-0.25, -0.2) is 0 Å². The first kappa shape index (κ1) is 17.5. The molecule has 0 saturated heterocycles. The summed E-state index contributed by atoms with van der Waals surface area (Å²) in [5.41, 5.74) is 6.20. The summed E-state index contributed by atoms with van der Waals surface area (Å²) in [6, 6.07) is 17.9. The molecule has 2 atom stereocenters. The number of hydrogen-bond donors (Lipinski definition) is 0. The van der Waals surface area contributed by atoms with E-state index in [1.54, 1.807) is 22.3 Å². The van der Waals surface area contributed by atoms with Gasteiger partial charge >= 0.3 is 37.9 Å². The average Bonchev–Trinajstić information content (AvgIpc) is 3.18. The molecule has 2 aliphatic carbocycles. The normalized spacial score (nSPS) is 21.5. The fourth-order valence-corrected chi connectivity index (χ4v) is 3.85. The molecule has 2 aromatic carbocycles. The molecule has 0 saturated carbocycles. The molecule has 0 bridgehead atoms. The SMILES string of the molecule is C(=CC1CCc2ccccc21)C1CCc2ccccc21.[Cl][Zr][Cl]. The fraction of sp³-hybridized carbons (Fsp3) is 0.300. The van der Waals surface area contributed by atoms with E-state index in [4.69, 9.17) is 17.0 Å². The van der Waals surface area contributed by atoms with Crippen molar-refractivity contribution in [1.29, 1.82) is 0 Å². The van der Waals surface area contributed by atoms with E-state index in [0.29, 0.717) is 11.8 Å². The van der Waals surface area contributed by atoms with E-state index < -0.39 is 20.8 Å². The zero-order valence-corrected chi connectivity index (χ0v) is 17.0. The van der Waals surface area contributed by atoms with Crippen LogP contribution in [0.1, 0.15) is 46.9 Å². The summed E-state index contributed by atoms with van der Waals surface area (Å²) in [5.74, 6) is 1.28. The summed E-state index contributed by atoms with van der Waals surface area (Å²) >= 11 is -0.826. The molecular weight excluding hydrogens is 402 g/mol. The molecule has 118 valence electrons. The Kier molecular flexibility index (Phi) is 6.57. The van der Waals surface area contributed by atoms with E-state index in [0.717, 1.165) is 0 Å². The fourth-order valence-electron chi connectivity index (χ4n) is 3.85. The van der Waals surface area contributed by atoms with Crippen LogP contribution in [-0.2, 0) is 33.7 Å². The zero-order chi connectivity index (χ0) is 16.1. The van der Waals surface area contributed by atoms with Crippen molar-refractivity contribution in [3.8, 4) is 0 Å². The molecular formula is C20H20Cl2Zr. The Morgan fingerprint density at radius 2 is 1.13 bits per heavy atom. The average molecular weight is 423 g/mol. The molecule has 0 amide bonds. The second kappa shape index (κ2) is 8.66. The third-order valence-corrected chi connectivity index (χ3v) is 4.93. The monoisotopic (exact) mass is 420 g/mol. The summed E-state index contributed by atoms with van der Waals surface area (Å²) in [6.07, 6.45) is 9.99. The predicted octanol–water partition coefficient (Wildman–Crippen LogP) is 6.38. The Hall–Kier alpha value is -0.357. The van der Waals surface area contributed by atoms with Crippen molar-refractivity contribution in [3.63, 3.8) is 0 Å². The van der Waals surface area contributed by atoms with Crippen LogP contribution in [0.4, 0.5) is 0 Å². The second-order valence-corrected chi connectivity index (χ2v) is 9.88. The first-order valence-corrected chi connectivity index (χ1v) is 14.5. The molecule has 2 aliphatic rings. The molecule has 0 nitrogen and oxygen atoms in total. The van der Waals surface area contributed by atoms with Gasteiger partial charge < -0.3 is 0 Å². The van der Waals surface area contributed by atoms with Crippen LogP contribution in [0.3, 0.4) is 0 Å². The van der Waals surface area contributed by atoms with Gasteiger partial charge in [0.05, 0.1) is 0 Å². The van der Waals surface area contributed by atoms with Crippen molar-refractivity contribution in [2.45, 2.75) is 37.5 Å². The molecule has 3 heteroatoms. The summed E-state index contributed by atoms with van der Waals surface area (Å²) in [7, 11) is 9.87. The standard InChI is InChI=1S/C20H20.2ClH.Zr/c1-3-7-19-15(5-1)9-11-17(19)13-14-18-12-10-16-6-2-4-8-20(16)18;;;/h1-8,13-14,17-18H,9-12H2;2*1H;/q;;;+2/p-2. The number of allylic oxidation sites excluding steroid dienone is 2. The molecule has 0 heterocycles. The molecule has 0 N–H and O–H groups in total. The van der Waals surface area contributed by atoms with Gasteiger partial charge in [-0.2, -0.15) is 0 Å². The summed E-state index contributed by atoms with van der Waals surface area (Å²) in [4.78, 5) is 0. The van der Waals surface area contributed by atoms with Gasteiger partial charge in [-0.1, -0.05) is 60.7 Å². The molecule has 0 aliphatic heterocycles. The van der Waals surface area contributed by atoms with E-state index >= 15 is 0 Å². The van der Waals surface area contributed by atoms with Crippen LogP contribution in [0, 0.1) is 0 Å². The molecule has 2 aromatic rings. The number of halogens is 2. The maximum absolute atomic E-state index is 4.93. The number of aryl methyl sites for hydroxylation is 2. The first-order valence-electron chi connectivity index (χ1n) is 8.13. The number of fused-ring (bicyclic) bond motifs is 2. The van der Waals surface area contributed by atoms with Gasteiger partial charge in [-0.3, -0.25) is 0 Å². The Morgan fingerprint density at radius 3 is 1.57 bits per heavy atom. The van der Waals surface area contributed by atoms with E-state index in [2.05, 4.69) is 60.7 Å². The molecule has 0 aromatic heterocycles. The Labute approximate surface area is 157 Å². The quantitative estimate of drug-likeness (QED) is 0.493. The maximum atomic E-state index is 4.93. The van der Waals surface area contributed by atoms with Gasteiger partial charge in [0.25, 0.3) is 0 Å². The van der Waals surface area contributed by atoms with E-state index in [9.17, 15) is 0 Å². The molecule has 4 rings (SSSR count). The first-order chi connectivity index (χ1) is 11.3. The minimum atomic E-state index is -0.826. The van der Waals surface area contributed by atoms with Crippen molar-refractivity contribution in [1.82, 2.24) is 0 Å². The van der Waals surface area contributed by atoms with E-state index in [1.807, 2.05) is 0 Å². The topological polar surface area (TPSA) is 0 Å². The van der Waals surface area contributed by atoms with Gasteiger partial charge in [-0.15, -0.1) is 0 Å². The second-order valence-electron chi connectivity index (χ2n) is 6.14. The molecule has 0 spiro atoms. The zero-order valence-electron chi connectivity index (χ0n) is 13.0. The van der Waals surface area contributed by atoms with Gasteiger partial charge in [-0.05, 0) is 47.9 Å². The van der Waals surface area contributed by atoms with E-state index in [-0.39, 0.29) is 0 Å². The van der Waals surface area contributed by atoms with Gasteiger partial charge in [0.2, 0.25) is 0 Å². The van der Waals surface area contributed by atoms with Crippen LogP contribution in [0.5, 0.6) is 0 Å². The number of benzene rings is 2. The van der Waals surface area contributed by atoms with Crippen molar-refractivity contribution in [2.75, 3.05) is 0 Å². The third kappa shape index (κ3) is 4.19. The van der Waals surface area contributed by atoms with Crippen LogP contribution in [0.2, 0.25) is 0 Å². The van der Waals surface area contributed by atoms with Gasteiger partial charge in [0, 0.05) is 11.8 Å². The van der Waals surface area contributed by atoms with Crippen LogP contribution >= 0.6 is 17.0 Å². The van der Waals surface area contributed by atoms with Crippen LogP contribution < -0.4 is 0 Å². The molecule has 0 radical (unpaired) electrons. The summed E-state index contributed by atoms with van der Waals surface area (Å²) in [6.45, 7) is 0. The van der Waals surface area contributed by atoms with Crippen molar-refractivity contribution < 1.29 is 20.8 Å². The summed E-state index contributed by atoms with van der Waals surface area (Å²) < 4.78 is 0. The minimum absolute atomic E-state index is 0.638. The number of rotatable bonds is 2. The number of hydrogen-bond acceptors (Lipinski definition) is 0. The predicted molar refractivity (Wildman–Crippen MR) is 95.9 cm³/mol. The van der Waals surface area contributed by atoms with Crippen molar-refractivity contribution >= 4 is 17.0 Å².